The minimum atomic E-state index is -0.202. The van der Waals surface area contributed by atoms with Gasteiger partial charge in [0.15, 0.2) is 5.82 Å². The van der Waals surface area contributed by atoms with E-state index in [9.17, 15) is 4.79 Å². The van der Waals surface area contributed by atoms with Gasteiger partial charge in [-0.25, -0.2) is 0 Å². The SMILES string of the molecule is CNC(=O)c1c(N)nsc1NCCCN(C)C. The molecule has 4 N–H and O–H groups in total. The molecular weight excluding hydrogens is 238 g/mol. The maximum Gasteiger partial charge on any atom is 0.257 e. The minimum absolute atomic E-state index is 0.202. The second kappa shape index (κ2) is 6.41. The number of carbonyl (C=O) groups is 1. The first-order valence-electron chi connectivity index (χ1n) is 5.42. The van der Waals surface area contributed by atoms with Crippen LogP contribution in [-0.2, 0) is 0 Å². The van der Waals surface area contributed by atoms with Gasteiger partial charge < -0.3 is 21.3 Å². The van der Waals surface area contributed by atoms with Gasteiger partial charge in [0.25, 0.3) is 5.91 Å². The number of anilines is 2. The number of hydrogen-bond acceptors (Lipinski definition) is 6. The van der Waals surface area contributed by atoms with Crippen LogP contribution in [0.3, 0.4) is 0 Å². The Morgan fingerprint density at radius 2 is 2.24 bits per heavy atom. The van der Waals surface area contributed by atoms with Crippen LogP contribution in [0, 0.1) is 0 Å². The molecule has 0 aromatic carbocycles. The molecule has 17 heavy (non-hydrogen) atoms. The van der Waals surface area contributed by atoms with Crippen LogP contribution in [0.2, 0.25) is 0 Å². The summed E-state index contributed by atoms with van der Waals surface area (Å²) in [5.74, 6) is 0.0795. The lowest BCUT2D eigenvalue weighted by molar-refractivity contribution is 0.0965. The molecular formula is C10H19N5OS. The molecule has 0 spiro atoms. The Morgan fingerprint density at radius 3 is 2.82 bits per heavy atom. The highest BCUT2D eigenvalue weighted by atomic mass is 32.1. The molecule has 0 fully saturated rings. The van der Waals surface area contributed by atoms with Crippen LogP contribution in [0.1, 0.15) is 16.8 Å². The molecule has 7 heteroatoms. The highest BCUT2D eigenvalue weighted by Crippen LogP contribution is 2.26. The number of rotatable bonds is 6. The lowest BCUT2D eigenvalue weighted by Gasteiger charge is -2.10. The predicted molar refractivity (Wildman–Crippen MR) is 71.6 cm³/mol. The molecule has 1 rings (SSSR count). The first-order chi connectivity index (χ1) is 8.06. The van der Waals surface area contributed by atoms with Crippen molar-refractivity contribution in [2.75, 3.05) is 45.3 Å². The topological polar surface area (TPSA) is 83.3 Å². The van der Waals surface area contributed by atoms with Crippen LogP contribution < -0.4 is 16.4 Å². The Labute approximate surface area is 105 Å². The van der Waals surface area contributed by atoms with Crippen molar-refractivity contribution in [3.8, 4) is 0 Å². The van der Waals surface area contributed by atoms with E-state index in [2.05, 4.69) is 19.9 Å². The molecule has 1 aromatic heterocycles. The molecule has 1 aromatic rings. The van der Waals surface area contributed by atoms with Crippen LogP contribution in [0.25, 0.3) is 0 Å². The largest absolute Gasteiger partial charge is 0.382 e. The van der Waals surface area contributed by atoms with Gasteiger partial charge >= 0.3 is 0 Å². The molecule has 0 bridgehead atoms. The van der Waals surface area contributed by atoms with Gasteiger partial charge in [-0.2, -0.15) is 4.37 Å². The van der Waals surface area contributed by atoms with Crippen LogP contribution in [0.5, 0.6) is 0 Å². The third kappa shape index (κ3) is 3.86. The first kappa shape index (κ1) is 13.7. The molecule has 1 heterocycles. The van der Waals surface area contributed by atoms with Gasteiger partial charge in [-0.05, 0) is 38.6 Å². The van der Waals surface area contributed by atoms with Crippen LogP contribution in [0.4, 0.5) is 10.8 Å². The predicted octanol–water partition coefficient (Wildman–Crippen LogP) is 0.448. The van der Waals surface area contributed by atoms with Crippen molar-refractivity contribution in [1.82, 2.24) is 14.6 Å². The molecule has 0 aliphatic heterocycles. The normalized spacial score (nSPS) is 10.6. The Hall–Kier alpha value is -1.34. The second-order valence-corrected chi connectivity index (χ2v) is 4.71. The van der Waals surface area contributed by atoms with Crippen LogP contribution in [-0.4, -0.2) is 49.4 Å². The Balaban J connectivity index is 2.56. The number of nitrogens with two attached hydrogens (primary N) is 1. The van der Waals surface area contributed by atoms with Crippen molar-refractivity contribution in [3.05, 3.63) is 5.56 Å². The fourth-order valence-corrected chi connectivity index (χ4v) is 2.10. The number of amides is 1. The third-order valence-electron chi connectivity index (χ3n) is 2.24. The molecule has 6 nitrogen and oxygen atoms in total. The van der Waals surface area contributed by atoms with Crippen molar-refractivity contribution in [1.29, 1.82) is 0 Å². The van der Waals surface area contributed by atoms with Crippen molar-refractivity contribution in [2.24, 2.45) is 0 Å². The summed E-state index contributed by atoms with van der Waals surface area (Å²) in [4.78, 5) is 13.7. The fraction of sp³-hybridized carbons (Fsp3) is 0.600. The number of nitrogen functional groups attached to an aromatic ring is 1. The average molecular weight is 257 g/mol. The monoisotopic (exact) mass is 257 g/mol. The zero-order chi connectivity index (χ0) is 12.8. The summed E-state index contributed by atoms with van der Waals surface area (Å²) < 4.78 is 3.99. The summed E-state index contributed by atoms with van der Waals surface area (Å²) in [6.45, 7) is 1.79. The number of hydrogen-bond donors (Lipinski definition) is 3. The quantitative estimate of drug-likeness (QED) is 0.644. The van der Waals surface area contributed by atoms with Gasteiger partial charge in [-0.15, -0.1) is 0 Å². The van der Waals surface area contributed by atoms with Gasteiger partial charge in [0.2, 0.25) is 0 Å². The highest BCUT2D eigenvalue weighted by Gasteiger charge is 2.17. The Morgan fingerprint density at radius 1 is 1.53 bits per heavy atom. The summed E-state index contributed by atoms with van der Waals surface area (Å²) in [7, 11) is 5.64. The molecule has 0 saturated heterocycles. The van der Waals surface area contributed by atoms with Gasteiger partial charge in [0.1, 0.15) is 10.6 Å². The summed E-state index contributed by atoms with van der Waals surface area (Å²) in [6.07, 6.45) is 0.998. The van der Waals surface area contributed by atoms with Crippen molar-refractivity contribution in [2.45, 2.75) is 6.42 Å². The van der Waals surface area contributed by atoms with E-state index in [4.69, 9.17) is 5.73 Å². The van der Waals surface area contributed by atoms with Gasteiger partial charge in [-0.1, -0.05) is 0 Å². The van der Waals surface area contributed by atoms with E-state index in [1.807, 2.05) is 14.1 Å². The average Bonchev–Trinajstić information content (AvgIpc) is 2.65. The number of nitrogens with zero attached hydrogens (tertiary/aromatic N) is 2. The zero-order valence-electron chi connectivity index (χ0n) is 10.4. The van der Waals surface area contributed by atoms with Crippen LogP contribution in [0.15, 0.2) is 0 Å². The maximum atomic E-state index is 11.6. The van der Waals surface area contributed by atoms with E-state index in [1.165, 1.54) is 11.5 Å². The molecule has 0 saturated carbocycles. The van der Waals surface area contributed by atoms with Gasteiger partial charge in [0.05, 0.1) is 0 Å². The van der Waals surface area contributed by atoms with Crippen molar-refractivity contribution >= 4 is 28.3 Å². The van der Waals surface area contributed by atoms with Gasteiger partial charge in [-0.3, -0.25) is 4.79 Å². The summed E-state index contributed by atoms with van der Waals surface area (Å²) >= 11 is 1.22. The molecule has 0 aliphatic carbocycles. The molecule has 0 radical (unpaired) electrons. The Bertz CT molecular complexity index is 377. The third-order valence-corrected chi connectivity index (χ3v) is 3.06. The number of carbonyl (C=O) groups excluding carboxylic acids is 1. The molecule has 0 unspecified atom stereocenters. The van der Waals surface area contributed by atoms with Gasteiger partial charge in [0, 0.05) is 13.6 Å². The molecule has 1 amide bonds. The maximum absolute atomic E-state index is 11.6. The first-order valence-corrected chi connectivity index (χ1v) is 6.19. The smallest absolute Gasteiger partial charge is 0.257 e. The number of nitrogens with one attached hydrogen (secondary N) is 2. The molecule has 96 valence electrons. The molecule has 0 aliphatic rings. The van der Waals surface area contributed by atoms with Crippen molar-refractivity contribution in [3.63, 3.8) is 0 Å². The Kier molecular flexibility index (Phi) is 5.17. The number of aromatic nitrogens is 1. The summed E-state index contributed by atoms with van der Waals surface area (Å²) in [6, 6.07) is 0. The summed E-state index contributed by atoms with van der Waals surface area (Å²) in [5, 5.41) is 6.49. The lowest BCUT2D eigenvalue weighted by Crippen LogP contribution is -2.21. The van der Waals surface area contributed by atoms with E-state index in [0.717, 1.165) is 24.5 Å². The van der Waals surface area contributed by atoms with E-state index in [0.29, 0.717) is 5.56 Å². The van der Waals surface area contributed by atoms with E-state index < -0.39 is 0 Å². The fourth-order valence-electron chi connectivity index (χ4n) is 1.36. The lowest BCUT2D eigenvalue weighted by atomic mass is 10.3. The second-order valence-electron chi connectivity index (χ2n) is 3.93. The standard InChI is InChI=1S/C10H19N5OS/c1-12-9(16)7-8(11)14-17-10(7)13-5-4-6-15(2)3/h13H,4-6H2,1-3H3,(H2,11,14)(H,12,16). The van der Waals surface area contributed by atoms with E-state index >= 15 is 0 Å². The van der Waals surface area contributed by atoms with Crippen LogP contribution >= 0.6 is 11.5 Å². The zero-order valence-corrected chi connectivity index (χ0v) is 11.2. The minimum Gasteiger partial charge on any atom is -0.382 e. The van der Waals surface area contributed by atoms with E-state index in [1.54, 1.807) is 7.05 Å². The van der Waals surface area contributed by atoms with E-state index in [-0.39, 0.29) is 11.7 Å². The summed E-state index contributed by atoms with van der Waals surface area (Å²) in [5.41, 5.74) is 6.11. The van der Waals surface area contributed by atoms with Crippen molar-refractivity contribution < 1.29 is 4.79 Å². The molecule has 0 atom stereocenters. The highest BCUT2D eigenvalue weighted by molar-refractivity contribution is 7.11.